The highest BCUT2D eigenvalue weighted by molar-refractivity contribution is 8.13. The van der Waals surface area contributed by atoms with Crippen LogP contribution in [0.3, 0.4) is 0 Å². The van der Waals surface area contributed by atoms with Crippen LogP contribution in [-0.4, -0.2) is 41.0 Å². The number of aliphatic imine (C=N–C) groups is 1. The van der Waals surface area contributed by atoms with Gasteiger partial charge in [-0.05, 0) is 32.9 Å². The first-order valence-corrected chi connectivity index (χ1v) is 9.45. The molecule has 1 aromatic carbocycles. The zero-order chi connectivity index (χ0) is 15.3. The van der Waals surface area contributed by atoms with E-state index in [4.69, 9.17) is 5.73 Å². The van der Waals surface area contributed by atoms with E-state index in [0.717, 1.165) is 12.2 Å². The number of nitrogens with two attached hydrogens (primary N) is 1. The van der Waals surface area contributed by atoms with Gasteiger partial charge in [0.25, 0.3) is 0 Å². The molecule has 2 N–H and O–H groups in total. The lowest BCUT2D eigenvalue weighted by Gasteiger charge is -2.29. The van der Waals surface area contributed by atoms with E-state index in [1.807, 2.05) is 11.8 Å². The molecule has 0 radical (unpaired) electrons. The molecule has 1 atom stereocenters. The van der Waals surface area contributed by atoms with E-state index >= 15 is 0 Å². The second kappa shape index (κ2) is 7.56. The molecule has 1 unspecified atom stereocenters. The lowest BCUT2D eigenvalue weighted by Crippen LogP contribution is -2.28. The van der Waals surface area contributed by atoms with Gasteiger partial charge in [-0.2, -0.15) is 0 Å². The van der Waals surface area contributed by atoms with E-state index in [2.05, 4.69) is 55.1 Å². The minimum absolute atomic E-state index is 0.122. The zero-order valence-electron chi connectivity index (χ0n) is 13.1. The lowest BCUT2D eigenvalue weighted by atomic mass is 9.89. The van der Waals surface area contributed by atoms with E-state index < -0.39 is 0 Å². The second-order valence-corrected chi connectivity index (χ2v) is 8.00. The van der Waals surface area contributed by atoms with Crippen molar-refractivity contribution in [1.82, 2.24) is 4.90 Å². The average molecular weight is 324 g/mol. The Morgan fingerprint density at radius 2 is 1.95 bits per heavy atom. The number of rotatable bonds is 1. The third-order valence-electron chi connectivity index (χ3n) is 3.80. The summed E-state index contributed by atoms with van der Waals surface area (Å²) in [5.74, 6) is 3.62. The summed E-state index contributed by atoms with van der Waals surface area (Å²) in [7, 11) is 2.15. The van der Waals surface area contributed by atoms with Crippen LogP contribution >= 0.6 is 23.5 Å². The Hall–Kier alpha value is -0.650. The van der Waals surface area contributed by atoms with Gasteiger partial charge in [0.1, 0.15) is 0 Å². The van der Waals surface area contributed by atoms with Crippen molar-refractivity contribution in [1.29, 1.82) is 0 Å². The predicted molar refractivity (Wildman–Crippen MR) is 97.2 cm³/mol. The number of thioether (sulfide) groups is 2. The van der Waals surface area contributed by atoms with E-state index in [1.165, 1.54) is 29.3 Å². The topological polar surface area (TPSA) is 41.6 Å². The van der Waals surface area contributed by atoms with Crippen molar-refractivity contribution in [3.8, 4) is 0 Å². The van der Waals surface area contributed by atoms with Crippen LogP contribution in [0.1, 0.15) is 24.5 Å². The van der Waals surface area contributed by atoms with Crippen molar-refractivity contribution >= 4 is 28.7 Å². The van der Waals surface area contributed by atoms with Crippen LogP contribution in [-0.2, 0) is 5.54 Å². The summed E-state index contributed by atoms with van der Waals surface area (Å²) < 4.78 is 0. The molecule has 2 aliphatic rings. The van der Waals surface area contributed by atoms with Crippen LogP contribution in [0.5, 0.6) is 0 Å². The molecular weight excluding hydrogens is 298 g/mol. The number of hydrogen-bond donors (Lipinski definition) is 1. The second-order valence-electron chi connectivity index (χ2n) is 5.81. The molecule has 0 aliphatic carbocycles. The number of aryl methyl sites for hydroxylation is 1. The summed E-state index contributed by atoms with van der Waals surface area (Å²) in [5, 5.41) is 0.712. The molecule has 116 valence electrons. The Bertz CT molecular complexity index is 481. The third-order valence-corrected chi connectivity index (χ3v) is 5.69. The Balaban J connectivity index is 0.000000225. The largest absolute Gasteiger partial charge is 0.379 e. The summed E-state index contributed by atoms with van der Waals surface area (Å²) in [6.07, 6.45) is 1.06. The molecule has 3 rings (SSSR count). The summed E-state index contributed by atoms with van der Waals surface area (Å²) in [6, 6.07) is 8.58. The van der Waals surface area contributed by atoms with Gasteiger partial charge in [-0.25, -0.2) is 0 Å². The first-order valence-electron chi connectivity index (χ1n) is 7.31. The van der Waals surface area contributed by atoms with Gasteiger partial charge in [-0.1, -0.05) is 41.6 Å². The van der Waals surface area contributed by atoms with Crippen molar-refractivity contribution in [2.75, 3.05) is 31.0 Å². The molecule has 0 aromatic heterocycles. The summed E-state index contributed by atoms with van der Waals surface area (Å²) in [5.41, 5.74) is 8.21. The lowest BCUT2D eigenvalue weighted by molar-refractivity contribution is 0.438. The first-order chi connectivity index (χ1) is 9.99. The third kappa shape index (κ3) is 4.94. The Morgan fingerprint density at radius 1 is 1.24 bits per heavy atom. The molecule has 0 spiro atoms. The molecule has 5 heteroatoms. The highest BCUT2D eigenvalue weighted by Gasteiger charge is 2.28. The molecule has 2 heterocycles. The van der Waals surface area contributed by atoms with Gasteiger partial charge in [0.2, 0.25) is 0 Å². The Labute approximate surface area is 136 Å². The van der Waals surface area contributed by atoms with Crippen molar-refractivity contribution in [2.45, 2.75) is 25.8 Å². The highest BCUT2D eigenvalue weighted by atomic mass is 32.2. The minimum atomic E-state index is -0.122. The van der Waals surface area contributed by atoms with Gasteiger partial charge in [0, 0.05) is 23.9 Å². The van der Waals surface area contributed by atoms with Crippen LogP contribution in [0.2, 0.25) is 0 Å². The predicted octanol–water partition coefficient (Wildman–Crippen LogP) is 3.28. The maximum Gasteiger partial charge on any atom is 0.154 e. The molecule has 0 amide bonds. The fraction of sp³-hybridized carbons (Fsp3) is 0.562. The number of nitrogens with zero attached hydrogens (tertiary/aromatic N) is 2. The van der Waals surface area contributed by atoms with E-state index in [-0.39, 0.29) is 5.54 Å². The maximum absolute atomic E-state index is 5.79. The molecule has 0 saturated carbocycles. The normalized spacial score (nSPS) is 26.0. The molecular formula is C16H25N3S2. The van der Waals surface area contributed by atoms with Gasteiger partial charge >= 0.3 is 0 Å². The smallest absolute Gasteiger partial charge is 0.154 e. The van der Waals surface area contributed by atoms with Crippen LogP contribution in [0.4, 0.5) is 0 Å². The fourth-order valence-electron chi connectivity index (χ4n) is 2.31. The van der Waals surface area contributed by atoms with Crippen LogP contribution in [0.25, 0.3) is 0 Å². The molecule has 21 heavy (non-hydrogen) atoms. The first kappa shape index (κ1) is 16.7. The van der Waals surface area contributed by atoms with Gasteiger partial charge in [-0.3, -0.25) is 9.89 Å². The maximum atomic E-state index is 5.79. The van der Waals surface area contributed by atoms with Crippen LogP contribution < -0.4 is 5.73 Å². The van der Waals surface area contributed by atoms with E-state index in [9.17, 15) is 0 Å². The van der Waals surface area contributed by atoms with E-state index in [0.29, 0.717) is 5.17 Å². The SMILES string of the molecule is CN1CCSC1.Cc1ccc(C2(C)CCSC(N)=N2)cc1. The molecule has 1 saturated heterocycles. The number of benzene rings is 1. The van der Waals surface area contributed by atoms with Gasteiger partial charge < -0.3 is 5.73 Å². The van der Waals surface area contributed by atoms with Crippen LogP contribution in [0.15, 0.2) is 29.3 Å². The Kier molecular flexibility index (Phi) is 6.02. The summed E-state index contributed by atoms with van der Waals surface area (Å²) in [4.78, 5) is 6.90. The minimum Gasteiger partial charge on any atom is -0.379 e. The van der Waals surface area contributed by atoms with Crippen molar-refractivity contribution in [3.05, 3.63) is 35.4 Å². The molecule has 2 aliphatic heterocycles. The van der Waals surface area contributed by atoms with E-state index in [1.54, 1.807) is 11.8 Å². The van der Waals surface area contributed by atoms with Crippen molar-refractivity contribution < 1.29 is 0 Å². The summed E-state index contributed by atoms with van der Waals surface area (Å²) >= 11 is 3.65. The number of amidine groups is 1. The molecule has 0 bridgehead atoms. The van der Waals surface area contributed by atoms with Gasteiger partial charge in [0.05, 0.1) is 5.54 Å². The van der Waals surface area contributed by atoms with Gasteiger partial charge in [0.15, 0.2) is 5.17 Å². The quantitative estimate of drug-likeness (QED) is 0.861. The fourth-order valence-corrected chi connectivity index (χ4v) is 4.30. The monoisotopic (exact) mass is 323 g/mol. The van der Waals surface area contributed by atoms with Crippen molar-refractivity contribution in [2.24, 2.45) is 10.7 Å². The average Bonchev–Trinajstić information content (AvgIpc) is 2.91. The Morgan fingerprint density at radius 3 is 2.43 bits per heavy atom. The zero-order valence-corrected chi connectivity index (χ0v) is 14.8. The highest BCUT2D eigenvalue weighted by Crippen LogP contribution is 2.34. The van der Waals surface area contributed by atoms with Crippen LogP contribution in [0, 0.1) is 6.92 Å². The van der Waals surface area contributed by atoms with Crippen molar-refractivity contribution in [3.63, 3.8) is 0 Å². The molecule has 1 fully saturated rings. The standard InChI is InChI=1S/C12H16N2S.C4H9NS/c1-9-3-5-10(6-4-9)12(2)7-8-15-11(13)14-12;1-5-2-3-6-4-5/h3-6H,7-8H2,1-2H3,(H2,13,14);2-4H2,1H3. The molecule has 1 aromatic rings. The molecule has 3 nitrogen and oxygen atoms in total. The van der Waals surface area contributed by atoms with Gasteiger partial charge in [-0.15, -0.1) is 11.8 Å². The number of hydrogen-bond acceptors (Lipinski definition) is 5. The summed E-state index contributed by atoms with van der Waals surface area (Å²) in [6.45, 7) is 5.54.